The SMILES string of the molecule is Cc1c(CN=P(N(C)C)(N(C)C)N(C)C)cccc1Oc1ccccc1. The maximum atomic E-state index is 6.06. The maximum absolute atomic E-state index is 6.06. The van der Waals surface area contributed by atoms with Crippen molar-refractivity contribution in [3.8, 4) is 11.5 Å². The Labute approximate surface area is 158 Å². The smallest absolute Gasteiger partial charge is 0.166 e. The molecule has 0 N–H and O–H groups in total. The Morgan fingerprint density at radius 1 is 0.808 bits per heavy atom. The second-order valence-corrected chi connectivity index (χ2v) is 10.6. The number of hydrogen-bond donors (Lipinski definition) is 0. The van der Waals surface area contributed by atoms with Crippen LogP contribution in [0, 0.1) is 6.92 Å². The number of para-hydroxylation sites is 1. The molecule has 0 heterocycles. The van der Waals surface area contributed by atoms with E-state index in [9.17, 15) is 0 Å². The van der Waals surface area contributed by atoms with Crippen LogP contribution in [0.3, 0.4) is 0 Å². The zero-order valence-corrected chi connectivity index (χ0v) is 17.9. The average Bonchev–Trinajstić information content (AvgIpc) is 2.58. The molecule has 0 spiro atoms. The van der Waals surface area contributed by atoms with E-state index in [1.807, 2.05) is 42.5 Å². The van der Waals surface area contributed by atoms with E-state index >= 15 is 0 Å². The summed E-state index contributed by atoms with van der Waals surface area (Å²) in [6.45, 7) is 2.75. The van der Waals surface area contributed by atoms with Gasteiger partial charge in [-0.2, -0.15) is 0 Å². The molecular formula is C20H31N4OP. The van der Waals surface area contributed by atoms with Gasteiger partial charge in [0.05, 0.1) is 6.54 Å². The third kappa shape index (κ3) is 4.36. The molecule has 0 atom stereocenters. The number of nitrogens with zero attached hydrogens (tertiary/aromatic N) is 4. The Morgan fingerprint density at radius 2 is 1.38 bits per heavy atom. The Bertz CT molecular complexity index is 744. The van der Waals surface area contributed by atoms with E-state index in [0.717, 1.165) is 17.1 Å². The van der Waals surface area contributed by atoms with Crippen LogP contribution in [-0.4, -0.2) is 56.3 Å². The molecule has 0 aliphatic carbocycles. The van der Waals surface area contributed by atoms with Crippen molar-refractivity contribution >= 4 is 7.51 Å². The number of ether oxygens (including phenoxy) is 1. The number of hydrogen-bond acceptors (Lipinski definition) is 2. The van der Waals surface area contributed by atoms with Crippen LogP contribution in [0.2, 0.25) is 0 Å². The minimum absolute atomic E-state index is 0.653. The summed E-state index contributed by atoms with van der Waals surface area (Å²) in [5.74, 6) is 1.73. The predicted molar refractivity (Wildman–Crippen MR) is 112 cm³/mol. The Kier molecular flexibility index (Phi) is 7.01. The van der Waals surface area contributed by atoms with E-state index in [2.05, 4.69) is 69.3 Å². The molecular weight excluding hydrogens is 343 g/mol. The van der Waals surface area contributed by atoms with Gasteiger partial charge in [0.1, 0.15) is 11.5 Å². The molecule has 0 saturated heterocycles. The van der Waals surface area contributed by atoms with Crippen LogP contribution in [0.5, 0.6) is 11.5 Å². The van der Waals surface area contributed by atoms with Crippen LogP contribution in [0.4, 0.5) is 0 Å². The van der Waals surface area contributed by atoms with Gasteiger partial charge in [0.15, 0.2) is 7.51 Å². The summed E-state index contributed by atoms with van der Waals surface area (Å²) >= 11 is 0. The van der Waals surface area contributed by atoms with Crippen LogP contribution in [0.1, 0.15) is 11.1 Å². The normalized spacial score (nSPS) is 12.1. The van der Waals surface area contributed by atoms with E-state index in [1.54, 1.807) is 0 Å². The minimum atomic E-state index is -1.89. The molecule has 0 fully saturated rings. The monoisotopic (exact) mass is 374 g/mol. The standard InChI is InChI=1S/C20H31N4OP/c1-17-18(16-21-26(22(2)3,23(4)5)24(6)7)12-11-15-20(17)25-19-13-9-8-10-14-19/h8-15H,16H2,1-7H3. The molecule has 0 aliphatic rings. The number of rotatable bonds is 7. The van der Waals surface area contributed by atoms with Gasteiger partial charge in [-0.15, -0.1) is 0 Å². The lowest BCUT2D eigenvalue weighted by atomic mass is 10.1. The maximum Gasteiger partial charge on any atom is 0.166 e. The van der Waals surface area contributed by atoms with Crippen molar-refractivity contribution in [1.82, 2.24) is 14.0 Å². The van der Waals surface area contributed by atoms with Gasteiger partial charge in [0.25, 0.3) is 0 Å². The van der Waals surface area contributed by atoms with Crippen LogP contribution < -0.4 is 4.74 Å². The van der Waals surface area contributed by atoms with Crippen molar-refractivity contribution in [2.24, 2.45) is 4.74 Å². The highest BCUT2D eigenvalue weighted by molar-refractivity contribution is 7.58. The highest BCUT2D eigenvalue weighted by Crippen LogP contribution is 2.55. The molecule has 142 valence electrons. The van der Waals surface area contributed by atoms with Gasteiger partial charge in [-0.1, -0.05) is 30.3 Å². The highest BCUT2D eigenvalue weighted by Gasteiger charge is 2.28. The summed E-state index contributed by atoms with van der Waals surface area (Å²) < 4.78 is 17.9. The molecule has 0 aromatic heterocycles. The summed E-state index contributed by atoms with van der Waals surface area (Å²) in [5, 5.41) is 0. The molecule has 0 amide bonds. The average molecular weight is 374 g/mol. The fraction of sp³-hybridized carbons (Fsp3) is 0.400. The Balaban J connectivity index is 2.36. The van der Waals surface area contributed by atoms with Gasteiger partial charge < -0.3 is 4.74 Å². The van der Waals surface area contributed by atoms with Gasteiger partial charge in [-0.3, -0.25) is 18.8 Å². The molecule has 0 bridgehead atoms. The zero-order valence-electron chi connectivity index (χ0n) is 17.0. The summed E-state index contributed by atoms with van der Waals surface area (Å²) in [6, 6.07) is 16.1. The third-order valence-corrected chi connectivity index (χ3v) is 8.15. The van der Waals surface area contributed by atoms with Crippen LogP contribution >= 0.6 is 7.51 Å². The zero-order chi connectivity index (χ0) is 19.3. The molecule has 0 unspecified atom stereocenters. The lowest BCUT2D eigenvalue weighted by molar-refractivity contribution is 0.470. The topological polar surface area (TPSA) is 31.3 Å². The minimum Gasteiger partial charge on any atom is -0.457 e. The largest absolute Gasteiger partial charge is 0.457 e. The van der Waals surface area contributed by atoms with E-state index in [4.69, 9.17) is 9.48 Å². The van der Waals surface area contributed by atoms with Crippen molar-refractivity contribution in [3.63, 3.8) is 0 Å². The van der Waals surface area contributed by atoms with Gasteiger partial charge in [-0.25, -0.2) is 0 Å². The van der Waals surface area contributed by atoms with Crippen molar-refractivity contribution in [2.45, 2.75) is 13.5 Å². The second kappa shape index (κ2) is 8.83. The lowest BCUT2D eigenvalue weighted by Gasteiger charge is -2.41. The third-order valence-electron chi connectivity index (χ3n) is 4.41. The van der Waals surface area contributed by atoms with E-state index in [1.165, 1.54) is 5.56 Å². The molecule has 0 aliphatic heterocycles. The van der Waals surface area contributed by atoms with Crippen LogP contribution in [0.25, 0.3) is 0 Å². The lowest BCUT2D eigenvalue weighted by Crippen LogP contribution is -2.30. The molecule has 0 radical (unpaired) electrons. The quantitative estimate of drug-likeness (QED) is 0.644. The predicted octanol–water partition coefficient (Wildman–Crippen LogP) is 4.92. The first kappa shape index (κ1) is 20.7. The fourth-order valence-electron chi connectivity index (χ4n) is 3.18. The molecule has 5 nitrogen and oxygen atoms in total. The first-order valence-electron chi connectivity index (χ1n) is 8.72. The van der Waals surface area contributed by atoms with Crippen molar-refractivity contribution < 1.29 is 4.74 Å². The number of benzene rings is 2. The second-order valence-electron chi connectivity index (χ2n) is 6.83. The van der Waals surface area contributed by atoms with Crippen LogP contribution in [0.15, 0.2) is 53.3 Å². The van der Waals surface area contributed by atoms with Crippen molar-refractivity contribution in [1.29, 1.82) is 0 Å². The fourth-order valence-corrected chi connectivity index (χ4v) is 6.43. The summed E-state index contributed by atoms with van der Waals surface area (Å²) in [6.07, 6.45) is 0. The van der Waals surface area contributed by atoms with E-state index in [-0.39, 0.29) is 0 Å². The summed E-state index contributed by atoms with van der Waals surface area (Å²) in [7, 11) is 10.7. The summed E-state index contributed by atoms with van der Waals surface area (Å²) in [5.41, 5.74) is 2.32. The Morgan fingerprint density at radius 3 is 1.92 bits per heavy atom. The van der Waals surface area contributed by atoms with E-state index < -0.39 is 7.51 Å². The first-order chi connectivity index (χ1) is 12.3. The van der Waals surface area contributed by atoms with E-state index in [0.29, 0.717) is 6.54 Å². The van der Waals surface area contributed by atoms with Gasteiger partial charge in [-0.05, 0) is 78.5 Å². The van der Waals surface area contributed by atoms with Gasteiger partial charge in [0, 0.05) is 0 Å². The van der Waals surface area contributed by atoms with Gasteiger partial charge in [0.2, 0.25) is 0 Å². The molecule has 2 aromatic carbocycles. The first-order valence-corrected chi connectivity index (χ1v) is 10.3. The highest BCUT2D eigenvalue weighted by atomic mass is 31.2. The van der Waals surface area contributed by atoms with Crippen LogP contribution in [-0.2, 0) is 6.54 Å². The Hall–Kier alpha value is -1.65. The van der Waals surface area contributed by atoms with Gasteiger partial charge >= 0.3 is 0 Å². The van der Waals surface area contributed by atoms with Crippen molar-refractivity contribution in [2.75, 3.05) is 42.3 Å². The molecule has 0 saturated carbocycles. The van der Waals surface area contributed by atoms with Crippen molar-refractivity contribution in [3.05, 3.63) is 59.7 Å². The molecule has 2 rings (SSSR count). The summed E-state index contributed by atoms with van der Waals surface area (Å²) in [4.78, 5) is 0. The molecule has 2 aromatic rings. The molecule has 6 heteroatoms. The molecule has 26 heavy (non-hydrogen) atoms.